The molecule has 140 valence electrons. The third-order valence-electron chi connectivity index (χ3n) is 4.45. The molecule has 0 aromatic heterocycles. The van der Waals surface area contributed by atoms with Crippen LogP contribution in [0.4, 0.5) is 5.69 Å². The number of anilines is 1. The summed E-state index contributed by atoms with van der Waals surface area (Å²) in [5, 5.41) is 3.69. The van der Waals surface area contributed by atoms with E-state index in [4.69, 9.17) is 16.3 Å². The summed E-state index contributed by atoms with van der Waals surface area (Å²) in [7, 11) is 1.58. The molecule has 1 aliphatic rings. The maximum absolute atomic E-state index is 13.0. The Balaban J connectivity index is 2.09. The topological polar surface area (TPSA) is 58.6 Å². The van der Waals surface area contributed by atoms with Gasteiger partial charge in [-0.25, -0.2) is 0 Å². The molecule has 0 fully saturated rings. The summed E-state index contributed by atoms with van der Waals surface area (Å²) in [5.74, 6) is 0.00931. The monoisotopic (exact) mass is 384 g/mol. The highest BCUT2D eigenvalue weighted by molar-refractivity contribution is 6.36. The summed E-state index contributed by atoms with van der Waals surface area (Å²) in [4.78, 5) is 27.2. The van der Waals surface area contributed by atoms with Crippen LogP contribution < -0.4 is 10.1 Å². The second-order valence-electron chi connectivity index (χ2n) is 6.64. The van der Waals surface area contributed by atoms with Crippen LogP contribution in [0.15, 0.2) is 48.2 Å². The number of carbonyl (C=O) groups is 2. The van der Waals surface area contributed by atoms with Gasteiger partial charge >= 0.3 is 0 Å². The van der Waals surface area contributed by atoms with Crippen LogP contribution in [0.3, 0.4) is 0 Å². The number of benzene rings is 2. The van der Waals surface area contributed by atoms with Crippen molar-refractivity contribution in [2.75, 3.05) is 12.4 Å². The summed E-state index contributed by atoms with van der Waals surface area (Å²) < 4.78 is 5.18. The van der Waals surface area contributed by atoms with E-state index in [0.717, 1.165) is 5.56 Å². The fourth-order valence-corrected chi connectivity index (χ4v) is 3.15. The highest BCUT2D eigenvalue weighted by atomic mass is 35.5. The second-order valence-corrected chi connectivity index (χ2v) is 7.05. The Morgan fingerprint density at radius 2 is 1.70 bits per heavy atom. The van der Waals surface area contributed by atoms with Crippen LogP contribution in [0.25, 0.3) is 5.57 Å². The fraction of sp³-hybridized carbons (Fsp3) is 0.238. The quantitative estimate of drug-likeness (QED) is 0.782. The minimum absolute atomic E-state index is 0.249. The molecule has 1 N–H and O–H groups in total. The molecule has 0 aliphatic carbocycles. The first-order chi connectivity index (χ1) is 12.8. The molecule has 3 rings (SSSR count). The summed E-state index contributed by atoms with van der Waals surface area (Å²) in [5.41, 5.74) is 2.83. The van der Waals surface area contributed by atoms with E-state index in [0.29, 0.717) is 27.6 Å². The molecule has 2 aromatic carbocycles. The van der Waals surface area contributed by atoms with Crippen molar-refractivity contribution < 1.29 is 14.3 Å². The van der Waals surface area contributed by atoms with Crippen molar-refractivity contribution in [3.63, 3.8) is 0 Å². The second kappa shape index (κ2) is 7.45. The minimum atomic E-state index is -0.350. The average molecular weight is 385 g/mol. The number of hydrogen-bond donors (Lipinski definition) is 1. The molecule has 0 saturated heterocycles. The predicted molar refractivity (Wildman–Crippen MR) is 107 cm³/mol. The first-order valence-corrected chi connectivity index (χ1v) is 9.01. The lowest BCUT2D eigenvalue weighted by atomic mass is 10.0. The van der Waals surface area contributed by atoms with E-state index >= 15 is 0 Å². The Morgan fingerprint density at radius 1 is 1.04 bits per heavy atom. The van der Waals surface area contributed by atoms with E-state index < -0.39 is 0 Å². The van der Waals surface area contributed by atoms with Gasteiger partial charge in [-0.05, 0) is 56.2 Å². The number of nitrogens with zero attached hydrogens (tertiary/aromatic N) is 1. The number of nitrogens with one attached hydrogen (secondary N) is 1. The smallest absolute Gasteiger partial charge is 0.278 e. The van der Waals surface area contributed by atoms with Crippen molar-refractivity contribution in [2.24, 2.45) is 0 Å². The number of rotatable bonds is 5. The van der Waals surface area contributed by atoms with E-state index in [2.05, 4.69) is 5.32 Å². The number of ether oxygens (including phenoxy) is 1. The van der Waals surface area contributed by atoms with Crippen LogP contribution in [0.5, 0.6) is 5.75 Å². The van der Waals surface area contributed by atoms with Gasteiger partial charge in [-0.1, -0.05) is 29.8 Å². The number of hydrogen-bond acceptors (Lipinski definition) is 4. The zero-order valence-electron chi connectivity index (χ0n) is 15.7. The minimum Gasteiger partial charge on any atom is -0.497 e. The molecule has 2 amide bonds. The number of carbonyl (C=O) groups excluding carboxylic acids is 2. The van der Waals surface area contributed by atoms with E-state index in [9.17, 15) is 9.59 Å². The third kappa shape index (κ3) is 3.55. The first kappa shape index (κ1) is 19.0. The van der Waals surface area contributed by atoms with Crippen molar-refractivity contribution in [3.8, 4) is 5.75 Å². The van der Waals surface area contributed by atoms with Gasteiger partial charge in [0.1, 0.15) is 11.4 Å². The van der Waals surface area contributed by atoms with Gasteiger partial charge in [-0.2, -0.15) is 0 Å². The molecule has 1 heterocycles. The van der Waals surface area contributed by atoms with Crippen LogP contribution in [-0.2, 0) is 9.59 Å². The molecule has 27 heavy (non-hydrogen) atoms. The number of amides is 2. The lowest BCUT2D eigenvalue weighted by Gasteiger charge is -2.19. The van der Waals surface area contributed by atoms with Crippen molar-refractivity contribution in [3.05, 3.63) is 64.3 Å². The molecule has 0 unspecified atom stereocenters. The molecule has 2 aromatic rings. The van der Waals surface area contributed by atoms with Gasteiger partial charge in [-0.15, -0.1) is 0 Å². The largest absolute Gasteiger partial charge is 0.497 e. The number of imide groups is 1. The molecular weight excluding hydrogens is 364 g/mol. The van der Waals surface area contributed by atoms with Gasteiger partial charge in [-0.3, -0.25) is 14.5 Å². The zero-order chi connectivity index (χ0) is 19.7. The number of aryl methyl sites for hydroxylation is 1. The van der Waals surface area contributed by atoms with Crippen molar-refractivity contribution in [2.45, 2.75) is 26.8 Å². The summed E-state index contributed by atoms with van der Waals surface area (Å²) in [6.45, 7) is 5.53. The normalized spacial score (nSPS) is 14.4. The Bertz CT molecular complexity index is 933. The standard InChI is InChI=1S/C21H21ClN2O3/c1-12(2)24-20(25)18(14-6-9-16(27-4)10-7-14)19(21(24)26)23-15-8-5-13(3)17(22)11-15/h5-12,23H,1-4H3. The van der Waals surface area contributed by atoms with Crippen LogP contribution in [0.2, 0.25) is 5.02 Å². The molecule has 0 spiro atoms. The molecule has 0 bridgehead atoms. The van der Waals surface area contributed by atoms with Crippen LogP contribution >= 0.6 is 11.6 Å². The highest BCUT2D eigenvalue weighted by Crippen LogP contribution is 2.33. The molecule has 0 radical (unpaired) electrons. The van der Waals surface area contributed by atoms with Gasteiger partial charge < -0.3 is 10.1 Å². The van der Waals surface area contributed by atoms with Crippen molar-refractivity contribution >= 4 is 34.7 Å². The van der Waals surface area contributed by atoms with Crippen LogP contribution in [0.1, 0.15) is 25.0 Å². The molecular formula is C21H21ClN2O3. The van der Waals surface area contributed by atoms with Crippen LogP contribution in [0, 0.1) is 6.92 Å². The van der Waals surface area contributed by atoms with E-state index in [1.54, 1.807) is 37.4 Å². The SMILES string of the molecule is COc1ccc(C2=C(Nc3ccc(C)c(Cl)c3)C(=O)N(C(C)C)C2=O)cc1. The Morgan fingerprint density at radius 3 is 2.26 bits per heavy atom. The van der Waals surface area contributed by atoms with Gasteiger partial charge in [0, 0.05) is 16.8 Å². The third-order valence-corrected chi connectivity index (χ3v) is 4.86. The average Bonchev–Trinajstić information content (AvgIpc) is 2.88. The predicted octanol–water partition coefficient (Wildman–Crippen LogP) is 4.26. The van der Waals surface area contributed by atoms with Gasteiger partial charge in [0.25, 0.3) is 11.8 Å². The maximum atomic E-state index is 13.0. The summed E-state index contributed by atoms with van der Waals surface area (Å²) >= 11 is 6.20. The van der Waals surface area contributed by atoms with Crippen LogP contribution in [-0.4, -0.2) is 29.9 Å². The van der Waals surface area contributed by atoms with E-state index in [-0.39, 0.29) is 23.6 Å². The summed E-state index contributed by atoms with van der Waals surface area (Å²) in [6, 6.07) is 12.2. The van der Waals surface area contributed by atoms with Gasteiger partial charge in [0.2, 0.25) is 0 Å². The fourth-order valence-electron chi connectivity index (χ4n) is 2.97. The first-order valence-electron chi connectivity index (χ1n) is 8.63. The Kier molecular flexibility index (Phi) is 5.24. The highest BCUT2D eigenvalue weighted by Gasteiger charge is 2.40. The van der Waals surface area contributed by atoms with Gasteiger partial charge in [0.05, 0.1) is 12.7 Å². The number of halogens is 1. The zero-order valence-corrected chi connectivity index (χ0v) is 16.4. The lowest BCUT2D eigenvalue weighted by molar-refractivity contribution is -0.138. The van der Waals surface area contributed by atoms with E-state index in [1.807, 2.05) is 32.9 Å². The Hall–Kier alpha value is -2.79. The number of methoxy groups -OCH3 is 1. The van der Waals surface area contributed by atoms with Crippen molar-refractivity contribution in [1.29, 1.82) is 0 Å². The molecule has 5 nitrogen and oxygen atoms in total. The molecule has 0 saturated carbocycles. The van der Waals surface area contributed by atoms with E-state index in [1.165, 1.54) is 4.90 Å². The van der Waals surface area contributed by atoms with Crippen molar-refractivity contribution in [1.82, 2.24) is 4.90 Å². The Labute approximate surface area is 163 Å². The molecule has 1 aliphatic heterocycles. The molecule has 0 atom stereocenters. The summed E-state index contributed by atoms with van der Waals surface area (Å²) in [6.07, 6.45) is 0. The maximum Gasteiger partial charge on any atom is 0.278 e. The molecule has 6 heteroatoms. The van der Waals surface area contributed by atoms with Gasteiger partial charge in [0.15, 0.2) is 0 Å². The lowest BCUT2D eigenvalue weighted by Crippen LogP contribution is -2.38.